The zero-order chi connectivity index (χ0) is 10.4. The lowest BCUT2D eigenvalue weighted by Crippen LogP contribution is -2.37. The van der Waals surface area contributed by atoms with Gasteiger partial charge in [0.05, 0.1) is 6.10 Å². The van der Waals surface area contributed by atoms with Gasteiger partial charge in [-0.15, -0.1) is 0 Å². The van der Waals surface area contributed by atoms with Gasteiger partial charge in [0.25, 0.3) is 0 Å². The van der Waals surface area contributed by atoms with Gasteiger partial charge in [-0.2, -0.15) is 0 Å². The van der Waals surface area contributed by atoms with Crippen molar-refractivity contribution in [3.63, 3.8) is 0 Å². The lowest BCUT2D eigenvalue weighted by atomic mass is 10.1. The Balaban J connectivity index is 2.11. The number of unbranched alkanes of at least 4 members (excludes halogenated alkanes) is 2. The van der Waals surface area contributed by atoms with Gasteiger partial charge in [0, 0.05) is 18.0 Å². The van der Waals surface area contributed by atoms with E-state index in [9.17, 15) is 0 Å². The number of likely N-dealkylation sites (N-methyl/N-ethyl adjacent to an activating group) is 1. The van der Waals surface area contributed by atoms with Crippen LogP contribution in [0.1, 0.15) is 32.6 Å². The Kier molecular flexibility index (Phi) is 6.06. The lowest BCUT2D eigenvalue weighted by molar-refractivity contribution is 0.0832. The molecule has 0 amide bonds. The molecule has 0 spiro atoms. The largest absolute Gasteiger partial charge is 0.377 e. The number of hydrogen-bond acceptors (Lipinski definition) is 2. The highest BCUT2D eigenvalue weighted by Gasteiger charge is 2.27. The van der Waals surface area contributed by atoms with E-state index in [2.05, 4.69) is 34.8 Å². The van der Waals surface area contributed by atoms with Gasteiger partial charge < -0.3 is 9.64 Å². The van der Waals surface area contributed by atoms with E-state index < -0.39 is 0 Å². The monoisotopic (exact) mass is 263 g/mol. The highest BCUT2D eigenvalue weighted by atomic mass is 79.9. The SMILES string of the molecule is CC1OCCC1N(C)CCCCCBr. The van der Waals surface area contributed by atoms with Crippen LogP contribution in [0.25, 0.3) is 0 Å². The fourth-order valence-corrected chi connectivity index (χ4v) is 2.49. The number of ether oxygens (including phenoxy) is 1. The van der Waals surface area contributed by atoms with Gasteiger partial charge in [0.1, 0.15) is 0 Å². The van der Waals surface area contributed by atoms with Gasteiger partial charge in [0.15, 0.2) is 0 Å². The summed E-state index contributed by atoms with van der Waals surface area (Å²) in [5, 5.41) is 1.14. The summed E-state index contributed by atoms with van der Waals surface area (Å²) in [5.74, 6) is 0. The molecule has 0 N–H and O–H groups in total. The molecule has 2 atom stereocenters. The van der Waals surface area contributed by atoms with Crippen molar-refractivity contribution in [2.75, 3.05) is 25.5 Å². The normalized spacial score (nSPS) is 27.4. The molecule has 0 radical (unpaired) electrons. The summed E-state index contributed by atoms with van der Waals surface area (Å²) < 4.78 is 5.56. The third kappa shape index (κ3) is 3.87. The minimum Gasteiger partial charge on any atom is -0.377 e. The van der Waals surface area contributed by atoms with E-state index in [4.69, 9.17) is 4.74 Å². The molecule has 0 aliphatic carbocycles. The van der Waals surface area contributed by atoms with Crippen molar-refractivity contribution < 1.29 is 4.74 Å². The molecule has 14 heavy (non-hydrogen) atoms. The summed E-state index contributed by atoms with van der Waals surface area (Å²) in [6.45, 7) is 4.34. The van der Waals surface area contributed by atoms with Crippen LogP contribution < -0.4 is 0 Å². The van der Waals surface area contributed by atoms with Gasteiger partial charge in [-0.3, -0.25) is 0 Å². The molecule has 1 aliphatic heterocycles. The maximum absolute atomic E-state index is 5.56. The average Bonchev–Trinajstić information content (AvgIpc) is 2.59. The molecule has 0 aromatic rings. The Morgan fingerprint density at radius 2 is 2.14 bits per heavy atom. The van der Waals surface area contributed by atoms with Gasteiger partial charge in [-0.05, 0) is 39.8 Å². The molecule has 3 heteroatoms. The van der Waals surface area contributed by atoms with E-state index in [1.165, 1.54) is 32.2 Å². The van der Waals surface area contributed by atoms with Crippen LogP contribution in [0.15, 0.2) is 0 Å². The maximum atomic E-state index is 5.56. The summed E-state index contributed by atoms with van der Waals surface area (Å²) in [7, 11) is 2.23. The topological polar surface area (TPSA) is 12.5 Å². The first-order valence-electron chi connectivity index (χ1n) is 5.63. The summed E-state index contributed by atoms with van der Waals surface area (Å²) in [4.78, 5) is 2.46. The van der Waals surface area contributed by atoms with E-state index in [0.717, 1.165) is 11.9 Å². The third-order valence-corrected chi connectivity index (χ3v) is 3.61. The van der Waals surface area contributed by atoms with Gasteiger partial charge >= 0.3 is 0 Å². The van der Waals surface area contributed by atoms with Crippen LogP contribution in [0.4, 0.5) is 0 Å². The molecule has 0 aromatic heterocycles. The molecular weight excluding hydrogens is 242 g/mol. The van der Waals surface area contributed by atoms with Crippen LogP contribution in [0.5, 0.6) is 0 Å². The van der Waals surface area contributed by atoms with Crippen LogP contribution in [0.2, 0.25) is 0 Å². The fourth-order valence-electron chi connectivity index (χ4n) is 2.10. The molecule has 0 aromatic carbocycles. The standard InChI is InChI=1S/C11H22BrNO/c1-10-11(6-9-14-10)13(2)8-5-3-4-7-12/h10-11H,3-9H2,1-2H3. The van der Waals surface area contributed by atoms with Crippen molar-refractivity contribution in [3.05, 3.63) is 0 Å². The summed E-state index contributed by atoms with van der Waals surface area (Å²) in [6.07, 6.45) is 5.57. The highest BCUT2D eigenvalue weighted by Crippen LogP contribution is 2.18. The minimum absolute atomic E-state index is 0.427. The fraction of sp³-hybridized carbons (Fsp3) is 1.00. The zero-order valence-electron chi connectivity index (χ0n) is 9.34. The number of alkyl halides is 1. The van der Waals surface area contributed by atoms with E-state index in [-0.39, 0.29) is 0 Å². The Hall–Kier alpha value is 0.400. The zero-order valence-corrected chi connectivity index (χ0v) is 10.9. The molecule has 2 unspecified atom stereocenters. The molecule has 1 fully saturated rings. The Morgan fingerprint density at radius 3 is 2.71 bits per heavy atom. The van der Waals surface area contributed by atoms with E-state index in [1.807, 2.05) is 0 Å². The van der Waals surface area contributed by atoms with Gasteiger partial charge in [-0.1, -0.05) is 22.4 Å². The first kappa shape index (κ1) is 12.5. The molecule has 0 bridgehead atoms. The molecule has 1 rings (SSSR count). The third-order valence-electron chi connectivity index (χ3n) is 3.05. The van der Waals surface area contributed by atoms with E-state index in [1.54, 1.807) is 0 Å². The van der Waals surface area contributed by atoms with Crippen molar-refractivity contribution in [2.24, 2.45) is 0 Å². The Labute approximate surface area is 96.1 Å². The van der Waals surface area contributed by atoms with Crippen LogP contribution in [-0.2, 0) is 4.74 Å². The van der Waals surface area contributed by atoms with Crippen molar-refractivity contribution in [3.8, 4) is 0 Å². The summed E-state index contributed by atoms with van der Waals surface area (Å²) in [6, 6.07) is 0.652. The maximum Gasteiger partial charge on any atom is 0.0702 e. The van der Waals surface area contributed by atoms with E-state index in [0.29, 0.717) is 12.1 Å². The summed E-state index contributed by atoms with van der Waals surface area (Å²) >= 11 is 3.46. The Bertz CT molecular complexity index is 154. The smallest absolute Gasteiger partial charge is 0.0702 e. The lowest BCUT2D eigenvalue weighted by Gasteiger charge is -2.26. The Morgan fingerprint density at radius 1 is 1.36 bits per heavy atom. The van der Waals surface area contributed by atoms with Crippen molar-refractivity contribution in [2.45, 2.75) is 44.8 Å². The number of halogens is 1. The second-order valence-corrected chi connectivity index (χ2v) is 4.96. The van der Waals surface area contributed by atoms with Crippen molar-refractivity contribution >= 4 is 15.9 Å². The molecule has 1 saturated heterocycles. The molecular formula is C11H22BrNO. The van der Waals surface area contributed by atoms with Crippen LogP contribution >= 0.6 is 15.9 Å². The van der Waals surface area contributed by atoms with Crippen LogP contribution in [0, 0.1) is 0 Å². The second kappa shape index (κ2) is 6.81. The minimum atomic E-state index is 0.427. The van der Waals surface area contributed by atoms with Gasteiger partial charge in [0.2, 0.25) is 0 Å². The second-order valence-electron chi connectivity index (χ2n) is 4.16. The van der Waals surface area contributed by atoms with E-state index >= 15 is 0 Å². The van der Waals surface area contributed by atoms with Crippen LogP contribution in [-0.4, -0.2) is 42.6 Å². The quantitative estimate of drug-likeness (QED) is 0.540. The highest BCUT2D eigenvalue weighted by molar-refractivity contribution is 9.09. The van der Waals surface area contributed by atoms with Gasteiger partial charge in [-0.25, -0.2) is 0 Å². The van der Waals surface area contributed by atoms with Crippen molar-refractivity contribution in [1.82, 2.24) is 4.90 Å². The van der Waals surface area contributed by atoms with Crippen molar-refractivity contribution in [1.29, 1.82) is 0 Å². The number of hydrogen-bond donors (Lipinski definition) is 0. The average molecular weight is 264 g/mol. The molecule has 2 nitrogen and oxygen atoms in total. The van der Waals surface area contributed by atoms with Crippen LogP contribution in [0.3, 0.4) is 0 Å². The first-order valence-corrected chi connectivity index (χ1v) is 6.75. The summed E-state index contributed by atoms with van der Waals surface area (Å²) in [5.41, 5.74) is 0. The number of nitrogens with zero attached hydrogens (tertiary/aromatic N) is 1. The molecule has 84 valence electrons. The molecule has 1 aliphatic rings. The molecule has 1 heterocycles. The molecule has 0 saturated carbocycles. The number of rotatable bonds is 6. The predicted octanol–water partition coefficient (Wildman–Crippen LogP) is 2.66. The first-order chi connectivity index (χ1) is 6.75. The predicted molar refractivity (Wildman–Crippen MR) is 64.1 cm³/mol.